The number of hydrogen-bond donors (Lipinski definition) is 1. The maximum absolute atomic E-state index is 5.50. The molecular formula is C12H21N. The van der Waals surface area contributed by atoms with Crippen LogP contribution in [0.3, 0.4) is 0 Å². The summed E-state index contributed by atoms with van der Waals surface area (Å²) in [4.78, 5) is 0. The number of allylic oxidation sites excluding steroid dienone is 5. The molecule has 13 heavy (non-hydrogen) atoms. The van der Waals surface area contributed by atoms with Crippen molar-refractivity contribution in [2.75, 3.05) is 0 Å². The summed E-state index contributed by atoms with van der Waals surface area (Å²) >= 11 is 0. The third-order valence-electron chi connectivity index (χ3n) is 0.869. The predicted molar refractivity (Wildman–Crippen MR) is 64.5 cm³/mol. The Hall–Kier alpha value is -1.37. The molecule has 1 heteroatoms. The molecule has 0 fully saturated rings. The summed E-state index contributed by atoms with van der Waals surface area (Å²) in [5.41, 5.74) is 1.30. The third kappa shape index (κ3) is 36.9. The average Bonchev–Trinajstić information content (AvgIpc) is 2.10. The van der Waals surface area contributed by atoms with Gasteiger partial charge in [-0.2, -0.15) is 0 Å². The number of nitrogens with one attached hydrogen (secondary N) is 1. The van der Waals surface area contributed by atoms with Gasteiger partial charge in [-0.05, 0) is 27.0 Å². The van der Waals surface area contributed by atoms with E-state index >= 15 is 0 Å². The van der Waals surface area contributed by atoms with E-state index in [0.29, 0.717) is 0 Å². The van der Waals surface area contributed by atoms with Gasteiger partial charge in [0.15, 0.2) is 0 Å². The normalized spacial score (nSPS) is 8.00. The smallest absolute Gasteiger partial charge is 0.0141 e. The van der Waals surface area contributed by atoms with Crippen LogP contribution in [0.5, 0.6) is 0 Å². The van der Waals surface area contributed by atoms with Crippen LogP contribution in [0.1, 0.15) is 20.3 Å². The lowest BCUT2D eigenvalue weighted by atomic mass is 10.2. The molecule has 0 saturated carbocycles. The molecule has 0 aromatic rings. The van der Waals surface area contributed by atoms with Crippen LogP contribution in [0.15, 0.2) is 49.6 Å². The van der Waals surface area contributed by atoms with Crippen molar-refractivity contribution in [1.29, 1.82) is 5.41 Å². The fourth-order valence-electron chi connectivity index (χ4n) is 0.497. The molecule has 0 aromatic heterocycles. The van der Waals surface area contributed by atoms with Crippen molar-refractivity contribution in [3.05, 3.63) is 49.6 Å². The Kier molecular flexibility index (Phi) is 30.4. The van der Waals surface area contributed by atoms with Gasteiger partial charge in [0.2, 0.25) is 0 Å². The SMILES string of the molecule is C=C/C=C(/C)CC=C.C=CC.C=N. The molecule has 0 unspecified atom stereocenters. The Morgan fingerprint density at radius 3 is 1.85 bits per heavy atom. The largest absolute Gasteiger partial charge is 0.317 e. The summed E-state index contributed by atoms with van der Waals surface area (Å²) in [5, 5.41) is 5.50. The van der Waals surface area contributed by atoms with Crippen LogP contribution < -0.4 is 0 Å². The first-order chi connectivity index (χ1) is 6.22. The van der Waals surface area contributed by atoms with Gasteiger partial charge in [-0.15, -0.1) is 13.2 Å². The highest BCUT2D eigenvalue weighted by atomic mass is 14.2. The van der Waals surface area contributed by atoms with E-state index in [0.717, 1.165) is 6.42 Å². The molecular weight excluding hydrogens is 158 g/mol. The van der Waals surface area contributed by atoms with Crippen LogP contribution >= 0.6 is 0 Å². The lowest BCUT2D eigenvalue weighted by molar-refractivity contribution is 1.22. The second-order valence-corrected chi connectivity index (χ2v) is 2.15. The predicted octanol–water partition coefficient (Wildman–Crippen LogP) is 4.15. The zero-order valence-corrected chi connectivity index (χ0v) is 8.84. The summed E-state index contributed by atoms with van der Waals surface area (Å²) in [7, 11) is 0. The van der Waals surface area contributed by atoms with Crippen LogP contribution in [-0.4, -0.2) is 6.72 Å². The van der Waals surface area contributed by atoms with E-state index in [4.69, 9.17) is 5.41 Å². The molecule has 0 aromatic carbocycles. The van der Waals surface area contributed by atoms with Crippen molar-refractivity contribution in [3.8, 4) is 0 Å². The molecule has 0 aliphatic rings. The van der Waals surface area contributed by atoms with Crippen molar-refractivity contribution in [2.24, 2.45) is 0 Å². The molecule has 0 atom stereocenters. The van der Waals surface area contributed by atoms with Gasteiger partial charge in [-0.3, -0.25) is 0 Å². The van der Waals surface area contributed by atoms with Crippen LogP contribution in [-0.2, 0) is 0 Å². The molecule has 1 N–H and O–H groups in total. The van der Waals surface area contributed by atoms with Crippen molar-refractivity contribution in [1.82, 2.24) is 0 Å². The first-order valence-electron chi connectivity index (χ1n) is 4.04. The van der Waals surface area contributed by atoms with Gasteiger partial charge in [0.05, 0.1) is 0 Å². The number of hydrogen-bond acceptors (Lipinski definition) is 1. The molecule has 0 bridgehead atoms. The lowest BCUT2D eigenvalue weighted by Gasteiger charge is -1.88. The van der Waals surface area contributed by atoms with E-state index in [1.54, 1.807) is 12.2 Å². The maximum atomic E-state index is 5.50. The lowest BCUT2D eigenvalue weighted by Crippen LogP contribution is -1.67. The van der Waals surface area contributed by atoms with Crippen molar-refractivity contribution >= 4 is 6.72 Å². The van der Waals surface area contributed by atoms with Crippen LogP contribution in [0, 0.1) is 5.41 Å². The monoisotopic (exact) mass is 179 g/mol. The van der Waals surface area contributed by atoms with Gasteiger partial charge in [0.25, 0.3) is 0 Å². The molecule has 0 radical (unpaired) electrons. The summed E-state index contributed by atoms with van der Waals surface area (Å²) in [6, 6.07) is 0. The minimum atomic E-state index is 0.964. The van der Waals surface area contributed by atoms with Gasteiger partial charge in [0.1, 0.15) is 0 Å². The second-order valence-electron chi connectivity index (χ2n) is 2.15. The Balaban J connectivity index is -0.000000169. The summed E-state index contributed by atoms with van der Waals surface area (Å²) < 4.78 is 0. The summed E-state index contributed by atoms with van der Waals surface area (Å²) in [6.45, 7) is 17.0. The molecule has 0 aliphatic heterocycles. The summed E-state index contributed by atoms with van der Waals surface area (Å²) in [6.07, 6.45) is 8.38. The van der Waals surface area contributed by atoms with Gasteiger partial charge in [-0.25, -0.2) is 0 Å². The molecule has 0 amide bonds. The fraction of sp³-hybridized carbons (Fsp3) is 0.250. The molecule has 74 valence electrons. The minimum absolute atomic E-state index is 0.964. The molecule has 0 heterocycles. The fourth-order valence-corrected chi connectivity index (χ4v) is 0.497. The molecule has 1 nitrogen and oxygen atoms in total. The summed E-state index contributed by atoms with van der Waals surface area (Å²) in [5.74, 6) is 0. The van der Waals surface area contributed by atoms with Crippen molar-refractivity contribution in [3.63, 3.8) is 0 Å². The highest BCUT2D eigenvalue weighted by Crippen LogP contribution is 1.98. The Labute approximate surface area is 82.7 Å². The minimum Gasteiger partial charge on any atom is -0.317 e. The van der Waals surface area contributed by atoms with Crippen molar-refractivity contribution in [2.45, 2.75) is 20.3 Å². The highest BCUT2D eigenvalue weighted by Gasteiger charge is 1.77. The number of rotatable bonds is 3. The van der Waals surface area contributed by atoms with E-state index in [1.165, 1.54) is 5.57 Å². The zero-order chi connectivity index (χ0) is 11.1. The highest BCUT2D eigenvalue weighted by molar-refractivity contribution is 5.15. The first kappa shape index (κ1) is 17.6. The maximum Gasteiger partial charge on any atom is -0.0141 e. The molecule has 0 rings (SSSR count). The second kappa shape index (κ2) is 22.4. The van der Waals surface area contributed by atoms with Crippen LogP contribution in [0.2, 0.25) is 0 Å². The van der Waals surface area contributed by atoms with E-state index in [1.807, 2.05) is 19.1 Å². The third-order valence-corrected chi connectivity index (χ3v) is 0.869. The van der Waals surface area contributed by atoms with E-state index in [9.17, 15) is 0 Å². The van der Waals surface area contributed by atoms with E-state index in [-0.39, 0.29) is 0 Å². The van der Waals surface area contributed by atoms with Crippen LogP contribution in [0.25, 0.3) is 0 Å². The average molecular weight is 179 g/mol. The standard InChI is InChI=1S/C8H12.C3H6.CH3N/c1-4-6-8(3)7-5-2;1-3-2;1-2/h4-6H,1-2,7H2,3H3;3H,1H2,2H3;2H,1H2/b8-6-;;. The Bertz CT molecular complexity index is 155. The topological polar surface area (TPSA) is 23.9 Å². The van der Waals surface area contributed by atoms with E-state index in [2.05, 4.69) is 33.4 Å². The Morgan fingerprint density at radius 1 is 1.23 bits per heavy atom. The Morgan fingerprint density at radius 2 is 1.62 bits per heavy atom. The molecule has 0 aliphatic carbocycles. The van der Waals surface area contributed by atoms with Gasteiger partial charge >= 0.3 is 0 Å². The van der Waals surface area contributed by atoms with Gasteiger partial charge in [-0.1, -0.05) is 36.5 Å². The molecule has 0 saturated heterocycles. The first-order valence-corrected chi connectivity index (χ1v) is 4.04. The van der Waals surface area contributed by atoms with E-state index < -0.39 is 0 Å². The zero-order valence-electron chi connectivity index (χ0n) is 8.84. The van der Waals surface area contributed by atoms with Crippen LogP contribution in [0.4, 0.5) is 0 Å². The van der Waals surface area contributed by atoms with Crippen molar-refractivity contribution < 1.29 is 0 Å². The quantitative estimate of drug-likeness (QED) is 0.382. The van der Waals surface area contributed by atoms with Gasteiger partial charge in [0, 0.05) is 0 Å². The van der Waals surface area contributed by atoms with Gasteiger partial charge < -0.3 is 5.41 Å². The molecule has 0 spiro atoms.